The van der Waals surface area contributed by atoms with Gasteiger partial charge in [0, 0.05) is 5.41 Å². The second-order valence-electron chi connectivity index (χ2n) is 9.13. The van der Waals surface area contributed by atoms with Crippen molar-refractivity contribution in [1.82, 2.24) is 4.90 Å². The van der Waals surface area contributed by atoms with Gasteiger partial charge in [0.1, 0.15) is 5.75 Å². The van der Waals surface area contributed by atoms with E-state index in [0.717, 1.165) is 29.1 Å². The minimum atomic E-state index is -0.927. The minimum Gasteiger partial charge on any atom is -0.497 e. The van der Waals surface area contributed by atoms with Crippen LogP contribution in [0.5, 0.6) is 5.75 Å². The maximum absolute atomic E-state index is 13.3. The number of carbonyl (C=O) groups excluding carboxylic acids is 4. The van der Waals surface area contributed by atoms with Crippen molar-refractivity contribution in [2.24, 2.45) is 23.2 Å². The van der Waals surface area contributed by atoms with E-state index in [1.807, 2.05) is 0 Å². The van der Waals surface area contributed by atoms with E-state index in [-0.39, 0.29) is 12.3 Å². The van der Waals surface area contributed by atoms with Gasteiger partial charge in [0.05, 0.1) is 19.3 Å². The molecule has 1 aromatic rings. The van der Waals surface area contributed by atoms with Crippen molar-refractivity contribution < 1.29 is 23.9 Å². The van der Waals surface area contributed by atoms with E-state index in [4.69, 9.17) is 4.74 Å². The smallest absolute Gasteiger partial charge is 0.339 e. The van der Waals surface area contributed by atoms with Gasteiger partial charge in [-0.05, 0) is 80.5 Å². The number of ketones is 1. The van der Waals surface area contributed by atoms with Crippen LogP contribution in [0.2, 0.25) is 0 Å². The first-order chi connectivity index (χ1) is 13.9. The molecule has 1 saturated heterocycles. The number of hydrogen-bond donors (Lipinski definition) is 0. The Balaban J connectivity index is 1.36. The second kappa shape index (κ2) is 6.40. The highest BCUT2D eigenvalue weighted by atomic mass is 16.5. The Kier molecular flexibility index (Phi) is 4.05. The molecular weight excluding hydrogens is 372 g/mol. The molecule has 5 aliphatic rings. The van der Waals surface area contributed by atoms with Crippen molar-refractivity contribution in [2.75, 3.05) is 18.6 Å². The standard InChI is InChI=1S/C22H24N2O5/c1-29-17-4-2-16(3-5-17)24-20(27)19(26)23(21(24)28)12-18(25)22-9-13-6-14(10-22)8-15(7-13)11-22/h2-5,13-15H,6-12H2,1H3. The fourth-order valence-electron chi connectivity index (χ4n) is 6.37. The third-order valence-electron chi connectivity index (χ3n) is 7.32. The van der Waals surface area contributed by atoms with Gasteiger partial charge < -0.3 is 4.74 Å². The first-order valence-corrected chi connectivity index (χ1v) is 10.3. The molecule has 5 fully saturated rings. The van der Waals surface area contributed by atoms with Crippen LogP contribution in [0.4, 0.5) is 10.5 Å². The summed E-state index contributed by atoms with van der Waals surface area (Å²) >= 11 is 0. The number of hydrogen-bond acceptors (Lipinski definition) is 5. The van der Waals surface area contributed by atoms with Crippen LogP contribution < -0.4 is 9.64 Å². The quantitative estimate of drug-likeness (QED) is 0.564. The number of nitrogens with zero attached hydrogens (tertiary/aromatic N) is 2. The van der Waals surface area contributed by atoms with E-state index < -0.39 is 23.3 Å². The minimum absolute atomic E-state index is 0.0531. The van der Waals surface area contributed by atoms with Crippen LogP contribution in [0.3, 0.4) is 0 Å². The molecule has 0 unspecified atom stereocenters. The van der Waals surface area contributed by atoms with Gasteiger partial charge in [-0.3, -0.25) is 14.4 Å². The Labute approximate surface area is 169 Å². The van der Waals surface area contributed by atoms with Gasteiger partial charge in [-0.25, -0.2) is 14.6 Å². The molecule has 0 aromatic heterocycles. The fourth-order valence-corrected chi connectivity index (χ4v) is 6.37. The molecule has 4 bridgehead atoms. The number of ether oxygens (including phenoxy) is 1. The van der Waals surface area contributed by atoms with Crippen LogP contribution in [-0.4, -0.2) is 42.2 Å². The molecule has 0 radical (unpaired) electrons. The first-order valence-electron chi connectivity index (χ1n) is 10.3. The molecule has 7 heteroatoms. The molecule has 6 rings (SSSR count). The highest BCUT2D eigenvalue weighted by Crippen LogP contribution is 2.60. The molecule has 1 heterocycles. The molecular formula is C22H24N2O5. The third kappa shape index (κ3) is 2.78. The Bertz CT molecular complexity index is 871. The number of methoxy groups -OCH3 is 1. The lowest BCUT2D eigenvalue weighted by Gasteiger charge is -2.56. The zero-order valence-electron chi connectivity index (χ0n) is 16.4. The number of amides is 4. The summed E-state index contributed by atoms with van der Waals surface area (Å²) in [4.78, 5) is 52.8. The van der Waals surface area contributed by atoms with Crippen molar-refractivity contribution >= 4 is 29.3 Å². The summed E-state index contributed by atoms with van der Waals surface area (Å²) in [5.41, 5.74) is -0.120. The number of urea groups is 1. The molecule has 0 atom stereocenters. The molecule has 4 saturated carbocycles. The van der Waals surface area contributed by atoms with E-state index >= 15 is 0 Å². The van der Waals surface area contributed by atoms with Crippen molar-refractivity contribution in [3.05, 3.63) is 24.3 Å². The molecule has 1 aliphatic heterocycles. The van der Waals surface area contributed by atoms with Crippen molar-refractivity contribution in [3.63, 3.8) is 0 Å². The van der Waals surface area contributed by atoms with Crippen molar-refractivity contribution in [2.45, 2.75) is 38.5 Å². The maximum atomic E-state index is 13.3. The number of benzene rings is 1. The van der Waals surface area contributed by atoms with Gasteiger partial charge in [-0.2, -0.15) is 0 Å². The van der Waals surface area contributed by atoms with Gasteiger partial charge >= 0.3 is 17.8 Å². The molecule has 1 aromatic carbocycles. The molecule has 4 amide bonds. The van der Waals surface area contributed by atoms with Gasteiger partial charge in [0.2, 0.25) is 0 Å². The Morgan fingerprint density at radius 2 is 1.52 bits per heavy atom. The van der Waals surface area contributed by atoms with Crippen LogP contribution in [0.15, 0.2) is 24.3 Å². The average Bonchev–Trinajstić information content (AvgIpc) is 2.90. The topological polar surface area (TPSA) is 84.0 Å². The summed E-state index contributed by atoms with van der Waals surface area (Å²) in [6, 6.07) is 5.58. The van der Waals surface area contributed by atoms with Crippen LogP contribution in [0, 0.1) is 23.2 Å². The molecule has 7 nitrogen and oxygen atoms in total. The SMILES string of the molecule is COc1ccc(N2C(=O)C(=O)N(CC(=O)C34CC5CC(CC(C5)C3)C4)C2=O)cc1. The molecule has 0 spiro atoms. The molecule has 29 heavy (non-hydrogen) atoms. The Hall–Kier alpha value is -2.70. The molecule has 4 aliphatic carbocycles. The molecule has 0 N–H and O–H groups in total. The number of anilines is 1. The number of carbonyl (C=O) groups is 4. The normalized spacial score (nSPS) is 33.0. The number of imide groups is 2. The summed E-state index contributed by atoms with van der Waals surface area (Å²) in [6.07, 6.45) is 6.21. The van der Waals surface area contributed by atoms with Gasteiger partial charge in [0.15, 0.2) is 5.78 Å². The third-order valence-corrected chi connectivity index (χ3v) is 7.32. The lowest BCUT2D eigenvalue weighted by atomic mass is 9.48. The lowest BCUT2D eigenvalue weighted by molar-refractivity contribution is -0.148. The van der Waals surface area contributed by atoms with E-state index in [1.54, 1.807) is 24.3 Å². The number of rotatable bonds is 5. The monoisotopic (exact) mass is 396 g/mol. The van der Waals surface area contributed by atoms with E-state index in [2.05, 4.69) is 0 Å². The highest BCUT2D eigenvalue weighted by Gasteiger charge is 2.56. The summed E-state index contributed by atoms with van der Waals surface area (Å²) in [7, 11) is 1.52. The fraction of sp³-hybridized carbons (Fsp3) is 0.545. The van der Waals surface area contributed by atoms with Crippen molar-refractivity contribution in [3.8, 4) is 5.75 Å². The zero-order valence-corrected chi connectivity index (χ0v) is 16.4. The Morgan fingerprint density at radius 3 is 2.03 bits per heavy atom. The van der Waals surface area contributed by atoms with Gasteiger partial charge in [0.25, 0.3) is 0 Å². The highest BCUT2D eigenvalue weighted by molar-refractivity contribution is 6.53. The average molecular weight is 396 g/mol. The van der Waals surface area contributed by atoms with Crippen LogP contribution in [0.1, 0.15) is 38.5 Å². The first kappa shape index (κ1) is 18.3. The predicted octanol–water partition coefficient (Wildman–Crippen LogP) is 2.78. The van der Waals surface area contributed by atoms with Gasteiger partial charge in [-0.15, -0.1) is 0 Å². The predicted molar refractivity (Wildman–Crippen MR) is 103 cm³/mol. The summed E-state index contributed by atoms with van der Waals surface area (Å²) < 4.78 is 5.09. The molecule has 152 valence electrons. The second-order valence-corrected chi connectivity index (χ2v) is 9.13. The summed E-state index contributed by atoms with van der Waals surface area (Å²) in [5, 5.41) is 0. The van der Waals surface area contributed by atoms with Crippen LogP contribution in [0.25, 0.3) is 0 Å². The summed E-state index contributed by atoms with van der Waals surface area (Å²) in [6.45, 7) is -0.303. The van der Waals surface area contributed by atoms with E-state index in [9.17, 15) is 19.2 Å². The van der Waals surface area contributed by atoms with Gasteiger partial charge in [-0.1, -0.05) is 0 Å². The Morgan fingerprint density at radius 1 is 0.966 bits per heavy atom. The van der Waals surface area contributed by atoms with Crippen LogP contribution in [-0.2, 0) is 14.4 Å². The van der Waals surface area contributed by atoms with E-state index in [1.165, 1.54) is 26.4 Å². The van der Waals surface area contributed by atoms with Crippen molar-refractivity contribution in [1.29, 1.82) is 0 Å². The zero-order chi connectivity index (χ0) is 20.3. The number of Topliss-reactive ketones (excluding diaryl/α,β-unsaturated/α-hetero) is 1. The largest absolute Gasteiger partial charge is 0.497 e. The lowest BCUT2D eigenvalue weighted by Crippen LogP contribution is -2.53. The van der Waals surface area contributed by atoms with E-state index in [0.29, 0.717) is 29.2 Å². The summed E-state index contributed by atoms with van der Waals surface area (Å²) in [5.74, 6) is 0.450. The maximum Gasteiger partial charge on any atom is 0.339 e. The van der Waals surface area contributed by atoms with Crippen LogP contribution >= 0.6 is 0 Å².